The van der Waals surface area contributed by atoms with Crippen molar-refractivity contribution in [1.82, 2.24) is 0 Å². The van der Waals surface area contributed by atoms with Crippen molar-refractivity contribution in [2.45, 2.75) is 204 Å². The first kappa shape index (κ1) is 44.1. The van der Waals surface area contributed by atoms with E-state index in [0.717, 1.165) is 6.42 Å². The van der Waals surface area contributed by atoms with Gasteiger partial charge in [-0.3, -0.25) is 14.4 Å². The van der Waals surface area contributed by atoms with Gasteiger partial charge in [0.05, 0.1) is 59.8 Å². The normalized spacial score (nSPS) is 43.4. The molecule has 0 amide bonds. The van der Waals surface area contributed by atoms with Crippen LogP contribution in [-0.4, -0.2) is 105 Å². The molecule has 13 heteroatoms. The first-order valence-corrected chi connectivity index (χ1v) is 21.0. The van der Waals surface area contributed by atoms with Crippen molar-refractivity contribution in [2.24, 2.45) is 35.3 Å². The van der Waals surface area contributed by atoms with Gasteiger partial charge in [-0.2, -0.15) is 0 Å². The largest absolute Gasteiger partial charge is 0.481 e. The molecule has 5 aliphatic rings. The number of aliphatic hydroxyl groups excluding tert-OH is 1. The summed E-state index contributed by atoms with van der Waals surface area (Å²) in [6.07, 6.45) is 5.26. The Morgan fingerprint density at radius 2 is 1.64 bits per heavy atom. The molecule has 13 nitrogen and oxygen atoms in total. The van der Waals surface area contributed by atoms with E-state index < -0.39 is 95.1 Å². The first-order chi connectivity index (χ1) is 25.8. The summed E-state index contributed by atoms with van der Waals surface area (Å²) >= 11 is 0. The van der Waals surface area contributed by atoms with Crippen molar-refractivity contribution in [1.29, 1.82) is 0 Å². The smallest absolute Gasteiger partial charge is 0.309 e. The van der Waals surface area contributed by atoms with Crippen molar-refractivity contribution in [3.8, 4) is 0 Å². The van der Waals surface area contributed by atoms with E-state index in [1.165, 1.54) is 6.92 Å². The maximum absolute atomic E-state index is 14.4. The lowest BCUT2D eigenvalue weighted by molar-refractivity contribution is -0.409. The average molecular weight is 780 g/mol. The molecule has 0 aromatic rings. The number of ketones is 1. The van der Waals surface area contributed by atoms with Crippen molar-refractivity contribution < 1.29 is 58.1 Å². The second-order valence-electron chi connectivity index (χ2n) is 17.7. The molecule has 0 aliphatic carbocycles. The maximum atomic E-state index is 14.4. The number of Topliss-reactive ketones (excluding diaryl/α,β-unsaturated/α-hetero) is 1. The monoisotopic (exact) mass is 779 g/mol. The highest BCUT2D eigenvalue weighted by molar-refractivity contribution is 5.84. The predicted octanol–water partition coefficient (Wildman–Crippen LogP) is 5.20. The van der Waals surface area contributed by atoms with Crippen molar-refractivity contribution in [3.05, 3.63) is 12.2 Å². The predicted molar refractivity (Wildman–Crippen MR) is 202 cm³/mol. The van der Waals surface area contributed by atoms with E-state index in [1.54, 1.807) is 19.1 Å². The summed E-state index contributed by atoms with van der Waals surface area (Å²) in [5.41, 5.74) is 4.88. The average Bonchev–Trinajstić information content (AvgIpc) is 3.49. The van der Waals surface area contributed by atoms with E-state index in [2.05, 4.69) is 6.92 Å². The number of carbonyl (C=O) groups is 3. The van der Waals surface area contributed by atoms with E-state index in [1.807, 2.05) is 41.5 Å². The van der Waals surface area contributed by atoms with E-state index in [9.17, 15) is 29.7 Å². The molecule has 4 saturated heterocycles. The number of ether oxygens (including phenoxy) is 6. The summed E-state index contributed by atoms with van der Waals surface area (Å²) in [4.78, 5) is 38.6. The van der Waals surface area contributed by atoms with Crippen molar-refractivity contribution in [2.75, 3.05) is 0 Å². The fourth-order valence-electron chi connectivity index (χ4n) is 10.2. The molecule has 0 aromatic heterocycles. The van der Waals surface area contributed by atoms with Gasteiger partial charge in [-0.05, 0) is 96.1 Å². The number of hydrogen-bond acceptors (Lipinski definition) is 12. The Hall–Kier alpha value is -1.97. The summed E-state index contributed by atoms with van der Waals surface area (Å²) in [5.74, 6) is -6.58. The molecule has 5 rings (SSSR count). The van der Waals surface area contributed by atoms with E-state index >= 15 is 0 Å². The van der Waals surface area contributed by atoms with Gasteiger partial charge in [0.2, 0.25) is 5.79 Å². The third kappa shape index (κ3) is 8.60. The van der Waals surface area contributed by atoms with Gasteiger partial charge >= 0.3 is 11.9 Å². The Bertz CT molecular complexity index is 1410. The molecule has 5 aliphatic heterocycles. The molecule has 2 spiro atoms. The van der Waals surface area contributed by atoms with E-state index in [4.69, 9.17) is 34.2 Å². The summed E-state index contributed by atoms with van der Waals surface area (Å²) in [7, 11) is 0. The third-order valence-corrected chi connectivity index (χ3v) is 14.0. The van der Waals surface area contributed by atoms with E-state index in [0.29, 0.717) is 64.2 Å². The highest BCUT2D eigenvalue weighted by Gasteiger charge is 2.64. The standard InChI is InChI=1S/C42H69NO12/c1-10-28(38(47)48)30-14-13-15-31(52-30)34(43)36(46)25(6)35(45)29(11-2)37-23(4)22-24(5)41(53-37)19-17-33(51-27(8)44)42(55-41)21-20-39(9,54-42)32-16-18-40(49,12-3)26(7)50-32/h17,19,23-26,28-34,36-37,46,49H,10-16,18,20-22,43H2,1-9H3,(H,47,48)/t23-,24+,25+,26-,28+,29-,30+,31+,32+,33-,34+,36+,37-,39-,40+,41+,42-/m0/s1. The van der Waals surface area contributed by atoms with Crippen LogP contribution in [0.15, 0.2) is 12.2 Å². The fraction of sp³-hybridized carbons (Fsp3) is 0.881. The number of aliphatic carboxylic acids is 1. The zero-order chi connectivity index (χ0) is 40.7. The molecule has 4 fully saturated rings. The van der Waals surface area contributed by atoms with Gasteiger partial charge in [0.25, 0.3) is 0 Å². The Labute approximate surface area is 327 Å². The number of nitrogens with two attached hydrogens (primary N) is 1. The van der Waals surface area contributed by atoms with E-state index in [-0.39, 0.29) is 23.7 Å². The van der Waals surface area contributed by atoms with Crippen LogP contribution in [0, 0.1) is 29.6 Å². The van der Waals surface area contributed by atoms with Crippen LogP contribution in [0.1, 0.15) is 133 Å². The highest BCUT2D eigenvalue weighted by atomic mass is 16.8. The molecule has 0 radical (unpaired) electrons. The van der Waals surface area contributed by atoms with Gasteiger partial charge in [-0.15, -0.1) is 0 Å². The molecular formula is C42H69NO12. The molecule has 0 bridgehead atoms. The lowest BCUT2D eigenvalue weighted by atomic mass is 9.73. The molecule has 5 heterocycles. The Kier molecular flexibility index (Phi) is 13.7. The maximum Gasteiger partial charge on any atom is 0.309 e. The number of esters is 1. The van der Waals surface area contributed by atoms with Gasteiger partial charge in [-0.25, -0.2) is 0 Å². The summed E-state index contributed by atoms with van der Waals surface area (Å²) in [6, 6.07) is -0.884. The number of rotatable bonds is 13. The first-order valence-electron chi connectivity index (χ1n) is 21.0. The molecule has 0 aromatic carbocycles. The Morgan fingerprint density at radius 1 is 0.964 bits per heavy atom. The lowest BCUT2D eigenvalue weighted by Gasteiger charge is -2.54. The molecule has 5 N–H and O–H groups in total. The topological polar surface area (TPSA) is 193 Å². The number of aliphatic hydroxyl groups is 2. The Morgan fingerprint density at radius 3 is 2.24 bits per heavy atom. The second-order valence-corrected chi connectivity index (χ2v) is 17.7. The number of carboxylic acid groups (broad SMARTS) is 1. The number of carboxylic acids is 1. The number of hydrogen-bond donors (Lipinski definition) is 4. The molecule has 55 heavy (non-hydrogen) atoms. The minimum Gasteiger partial charge on any atom is -0.481 e. The quantitative estimate of drug-likeness (QED) is 0.141. The van der Waals surface area contributed by atoms with Crippen LogP contribution < -0.4 is 5.73 Å². The molecular weight excluding hydrogens is 710 g/mol. The molecule has 0 unspecified atom stereocenters. The highest BCUT2D eigenvalue weighted by Crippen LogP contribution is 2.54. The summed E-state index contributed by atoms with van der Waals surface area (Å²) in [6.45, 7) is 16.7. The van der Waals surface area contributed by atoms with Crippen LogP contribution in [0.5, 0.6) is 0 Å². The van der Waals surface area contributed by atoms with Crippen LogP contribution in [0.4, 0.5) is 0 Å². The van der Waals surface area contributed by atoms with Crippen molar-refractivity contribution >= 4 is 17.7 Å². The van der Waals surface area contributed by atoms with Crippen molar-refractivity contribution in [3.63, 3.8) is 0 Å². The minimum atomic E-state index is -1.39. The molecule has 314 valence electrons. The van der Waals surface area contributed by atoms with Crippen LogP contribution in [0.25, 0.3) is 0 Å². The van der Waals surface area contributed by atoms with Gasteiger partial charge < -0.3 is 49.5 Å². The van der Waals surface area contributed by atoms with Crippen LogP contribution >= 0.6 is 0 Å². The van der Waals surface area contributed by atoms with Gasteiger partial charge in [0, 0.05) is 31.1 Å². The summed E-state index contributed by atoms with van der Waals surface area (Å²) < 4.78 is 39.4. The van der Waals surface area contributed by atoms with Crippen LogP contribution in [0.3, 0.4) is 0 Å². The molecule has 0 saturated carbocycles. The zero-order valence-corrected chi connectivity index (χ0v) is 34.5. The summed E-state index contributed by atoms with van der Waals surface area (Å²) in [5, 5.41) is 32.3. The van der Waals surface area contributed by atoms with Gasteiger partial charge in [0.15, 0.2) is 11.9 Å². The molecule has 17 atom stereocenters. The Balaban J connectivity index is 1.35. The van der Waals surface area contributed by atoms with Crippen LogP contribution in [-0.2, 0) is 42.8 Å². The third-order valence-electron chi connectivity index (χ3n) is 14.0. The minimum absolute atomic E-state index is 0.0414. The number of carbonyl (C=O) groups excluding carboxylic acids is 2. The lowest BCUT2D eigenvalue weighted by Crippen LogP contribution is -2.63. The van der Waals surface area contributed by atoms with Crippen LogP contribution in [0.2, 0.25) is 0 Å². The zero-order valence-electron chi connectivity index (χ0n) is 34.5. The fourth-order valence-corrected chi connectivity index (χ4v) is 10.2. The second kappa shape index (κ2) is 17.1. The van der Waals surface area contributed by atoms with Gasteiger partial charge in [-0.1, -0.05) is 41.5 Å². The SMILES string of the molecule is CC[C@@H](C(=O)[C@@H](C)[C@@H](O)[C@H](N)[C@H]1CCC[C@H]([C@@H](CC)C(=O)O)O1)[C@H]1O[C@@]2(C=C[C@H](OC(C)=O)[C@]3(CC[C@@](C)([C@H]4CC[C@](O)(CC)[C@H](C)O4)O3)O2)[C@H](C)C[C@@H]1C. The van der Waals surface area contributed by atoms with Gasteiger partial charge in [0.1, 0.15) is 5.78 Å².